The Hall–Kier alpha value is -2.54. The molecule has 2 heterocycles. The summed E-state index contributed by atoms with van der Waals surface area (Å²) in [6.07, 6.45) is 0.236. The van der Waals surface area contributed by atoms with Crippen molar-refractivity contribution in [3.63, 3.8) is 0 Å². The Kier molecular flexibility index (Phi) is 4.67. The Morgan fingerprint density at radius 1 is 1.52 bits per heavy atom. The fraction of sp³-hybridized carbons (Fsp3) is 0.353. The molecule has 0 saturated carbocycles. The number of ether oxygens (including phenoxy) is 1. The van der Waals surface area contributed by atoms with E-state index in [-0.39, 0.29) is 42.2 Å². The van der Waals surface area contributed by atoms with Crippen molar-refractivity contribution in [2.24, 2.45) is 0 Å². The minimum Gasteiger partial charge on any atom is -0.506 e. The maximum Gasteiger partial charge on any atom is 0.327 e. The monoisotopic (exact) mass is 363 g/mol. The normalized spacial score (nSPS) is 16.3. The van der Waals surface area contributed by atoms with Crippen molar-refractivity contribution < 1.29 is 19.4 Å². The molecule has 7 nitrogen and oxygen atoms in total. The topological polar surface area (TPSA) is 93.5 Å². The zero-order valence-electron chi connectivity index (χ0n) is 13.9. The summed E-state index contributed by atoms with van der Waals surface area (Å²) in [5.41, 5.74) is 2.36. The summed E-state index contributed by atoms with van der Waals surface area (Å²) in [7, 11) is 0. The Morgan fingerprint density at radius 2 is 2.28 bits per heavy atom. The summed E-state index contributed by atoms with van der Waals surface area (Å²) in [5.74, 6) is -0.363. The van der Waals surface area contributed by atoms with Gasteiger partial charge in [0.05, 0.1) is 17.3 Å². The summed E-state index contributed by atoms with van der Waals surface area (Å²) in [6.45, 7) is 3.76. The molecule has 0 spiro atoms. The highest BCUT2D eigenvalue weighted by molar-refractivity contribution is 6.32. The summed E-state index contributed by atoms with van der Waals surface area (Å²) in [4.78, 5) is 24.0. The number of benzene rings is 1. The molecular weight excluding hydrogens is 346 g/mol. The lowest BCUT2D eigenvalue weighted by Gasteiger charge is -2.24. The number of aromatic hydroxyl groups is 1. The van der Waals surface area contributed by atoms with Gasteiger partial charge in [0.25, 0.3) is 0 Å². The Bertz CT molecular complexity index is 847. The fourth-order valence-corrected chi connectivity index (χ4v) is 3.27. The molecular formula is C17H18ClN3O4. The third kappa shape index (κ3) is 3.32. The van der Waals surface area contributed by atoms with E-state index in [1.807, 2.05) is 6.92 Å². The van der Waals surface area contributed by atoms with Gasteiger partial charge in [0.1, 0.15) is 18.1 Å². The standard InChI is InChI=1S/C17H18ClN3O4/c1-3-25-15(24)8-21-17-16(9(2)20-21)11(7-14(23)19-17)10-4-5-13(22)12(18)6-10/h4-6,11,22H,3,7-8H2,1-2H3,(H,19,23)/t11-/m0/s1. The molecule has 1 aromatic carbocycles. The maximum atomic E-state index is 12.2. The van der Waals surface area contributed by atoms with Gasteiger partial charge in [-0.3, -0.25) is 9.59 Å². The van der Waals surface area contributed by atoms with E-state index in [9.17, 15) is 14.7 Å². The lowest BCUT2D eigenvalue weighted by Crippen LogP contribution is -2.26. The average Bonchev–Trinajstić information content (AvgIpc) is 2.85. The van der Waals surface area contributed by atoms with E-state index in [0.29, 0.717) is 11.5 Å². The number of anilines is 1. The van der Waals surface area contributed by atoms with Gasteiger partial charge in [0, 0.05) is 17.9 Å². The molecule has 1 aliphatic heterocycles. The van der Waals surface area contributed by atoms with E-state index in [4.69, 9.17) is 16.3 Å². The molecule has 1 aliphatic rings. The van der Waals surface area contributed by atoms with Crippen LogP contribution in [0.4, 0.5) is 5.82 Å². The first-order chi connectivity index (χ1) is 11.9. The minimum absolute atomic E-state index is 0.0133. The van der Waals surface area contributed by atoms with Crippen LogP contribution >= 0.6 is 11.6 Å². The van der Waals surface area contributed by atoms with Gasteiger partial charge in [-0.15, -0.1) is 0 Å². The highest BCUT2D eigenvalue weighted by Crippen LogP contribution is 2.40. The average molecular weight is 364 g/mol. The molecule has 1 amide bonds. The van der Waals surface area contributed by atoms with Gasteiger partial charge in [-0.05, 0) is 31.5 Å². The van der Waals surface area contributed by atoms with Gasteiger partial charge in [0.15, 0.2) is 0 Å². The van der Waals surface area contributed by atoms with Crippen LogP contribution in [0.5, 0.6) is 5.75 Å². The number of hydrogen-bond acceptors (Lipinski definition) is 5. The van der Waals surface area contributed by atoms with Crippen LogP contribution in [0.2, 0.25) is 5.02 Å². The number of carbonyl (C=O) groups is 2. The molecule has 132 valence electrons. The van der Waals surface area contributed by atoms with Crippen molar-refractivity contribution in [3.05, 3.63) is 40.0 Å². The summed E-state index contributed by atoms with van der Waals surface area (Å²) < 4.78 is 6.41. The van der Waals surface area contributed by atoms with Gasteiger partial charge < -0.3 is 15.2 Å². The smallest absolute Gasteiger partial charge is 0.327 e. The van der Waals surface area contributed by atoms with E-state index in [0.717, 1.165) is 11.1 Å². The molecule has 0 unspecified atom stereocenters. The number of phenols is 1. The lowest BCUT2D eigenvalue weighted by atomic mass is 9.86. The van der Waals surface area contributed by atoms with E-state index in [1.54, 1.807) is 19.1 Å². The molecule has 25 heavy (non-hydrogen) atoms. The highest BCUT2D eigenvalue weighted by atomic mass is 35.5. The number of nitrogens with one attached hydrogen (secondary N) is 1. The Labute approximate surface area is 149 Å². The van der Waals surface area contributed by atoms with Crippen molar-refractivity contribution in [1.29, 1.82) is 0 Å². The number of fused-ring (bicyclic) bond motifs is 1. The minimum atomic E-state index is -0.420. The van der Waals surface area contributed by atoms with Crippen LogP contribution in [-0.2, 0) is 20.9 Å². The predicted molar refractivity (Wildman–Crippen MR) is 91.8 cm³/mol. The van der Waals surface area contributed by atoms with Crippen LogP contribution in [0.15, 0.2) is 18.2 Å². The fourth-order valence-electron chi connectivity index (χ4n) is 3.08. The molecule has 8 heteroatoms. The molecule has 3 rings (SSSR count). The van der Waals surface area contributed by atoms with Crippen molar-refractivity contribution in [2.75, 3.05) is 11.9 Å². The number of carbonyl (C=O) groups excluding carboxylic acids is 2. The number of nitrogens with zero attached hydrogens (tertiary/aromatic N) is 2. The van der Waals surface area contributed by atoms with Gasteiger partial charge in [-0.2, -0.15) is 5.10 Å². The molecule has 0 aliphatic carbocycles. The van der Waals surface area contributed by atoms with Gasteiger partial charge in [0.2, 0.25) is 5.91 Å². The largest absolute Gasteiger partial charge is 0.506 e. The molecule has 1 aromatic heterocycles. The number of hydrogen-bond donors (Lipinski definition) is 2. The second kappa shape index (κ2) is 6.76. The lowest BCUT2D eigenvalue weighted by molar-refractivity contribution is -0.144. The number of amides is 1. The second-order valence-electron chi connectivity index (χ2n) is 5.83. The predicted octanol–water partition coefficient (Wildman–Crippen LogP) is 2.59. The number of aromatic nitrogens is 2. The van der Waals surface area contributed by atoms with Gasteiger partial charge in [-0.1, -0.05) is 17.7 Å². The highest BCUT2D eigenvalue weighted by Gasteiger charge is 2.33. The second-order valence-corrected chi connectivity index (χ2v) is 6.23. The van der Waals surface area contributed by atoms with Crippen LogP contribution in [-0.4, -0.2) is 33.4 Å². The number of phenolic OH excluding ortho intramolecular Hbond substituents is 1. The Balaban J connectivity index is 2.03. The van der Waals surface area contributed by atoms with Crippen molar-refractivity contribution in [2.45, 2.75) is 32.7 Å². The third-order valence-electron chi connectivity index (χ3n) is 4.13. The van der Waals surface area contributed by atoms with Gasteiger partial charge >= 0.3 is 5.97 Å². The molecule has 1 atom stereocenters. The number of aryl methyl sites for hydroxylation is 1. The van der Waals surface area contributed by atoms with Crippen molar-refractivity contribution in [1.82, 2.24) is 9.78 Å². The molecule has 0 saturated heterocycles. The van der Waals surface area contributed by atoms with E-state index in [2.05, 4.69) is 10.4 Å². The van der Waals surface area contributed by atoms with Crippen LogP contribution in [0, 0.1) is 6.92 Å². The third-order valence-corrected chi connectivity index (χ3v) is 4.43. The summed E-state index contributed by atoms with van der Waals surface area (Å²) >= 11 is 6.01. The maximum absolute atomic E-state index is 12.2. The zero-order chi connectivity index (χ0) is 18.1. The molecule has 2 aromatic rings. The van der Waals surface area contributed by atoms with Crippen molar-refractivity contribution in [3.8, 4) is 5.75 Å². The first kappa shape index (κ1) is 17.3. The number of esters is 1. The van der Waals surface area contributed by atoms with Gasteiger partial charge in [-0.25, -0.2) is 4.68 Å². The van der Waals surface area contributed by atoms with Crippen LogP contribution in [0.3, 0.4) is 0 Å². The first-order valence-electron chi connectivity index (χ1n) is 7.91. The number of rotatable bonds is 4. The molecule has 0 radical (unpaired) electrons. The van der Waals surface area contributed by atoms with Crippen LogP contribution in [0.1, 0.15) is 36.1 Å². The van der Waals surface area contributed by atoms with Crippen LogP contribution in [0.25, 0.3) is 0 Å². The van der Waals surface area contributed by atoms with Crippen molar-refractivity contribution >= 4 is 29.3 Å². The van der Waals surface area contributed by atoms with E-state index >= 15 is 0 Å². The molecule has 0 fully saturated rings. The SMILES string of the molecule is CCOC(=O)Cn1nc(C)c2c1NC(=O)C[C@H]2c1ccc(O)c(Cl)c1. The van der Waals surface area contributed by atoms with E-state index in [1.165, 1.54) is 10.7 Å². The first-order valence-corrected chi connectivity index (χ1v) is 8.29. The number of halogens is 1. The molecule has 0 bridgehead atoms. The summed E-state index contributed by atoms with van der Waals surface area (Å²) in [6, 6.07) is 4.88. The Morgan fingerprint density at radius 3 is 2.96 bits per heavy atom. The molecule has 2 N–H and O–H groups in total. The summed E-state index contributed by atoms with van der Waals surface area (Å²) in [5, 5.41) is 17.0. The quantitative estimate of drug-likeness (QED) is 0.814. The van der Waals surface area contributed by atoms with E-state index < -0.39 is 5.97 Å². The zero-order valence-corrected chi connectivity index (χ0v) is 14.6. The van der Waals surface area contributed by atoms with Crippen LogP contribution < -0.4 is 5.32 Å².